The van der Waals surface area contributed by atoms with Gasteiger partial charge in [0, 0.05) is 0 Å². The normalized spacial score (nSPS) is 12.3. The van der Waals surface area contributed by atoms with Crippen LogP contribution in [0.15, 0.2) is 12.2 Å². The summed E-state index contributed by atoms with van der Waals surface area (Å²) in [5.74, 6) is 0. The largest absolute Gasteiger partial charge is 0.266 e. The standard InChI is InChI=1S/C14H28O3S/c1-3-4-5-6-7-8-9-10-11-12-13-14-17-18(2,15)16/h12-13H,3-11,14H2,1-2H3/b13-12+. The van der Waals surface area contributed by atoms with Crippen LogP contribution in [-0.4, -0.2) is 21.3 Å². The van der Waals surface area contributed by atoms with Crippen LogP contribution in [0.5, 0.6) is 0 Å². The van der Waals surface area contributed by atoms with E-state index in [-0.39, 0.29) is 6.61 Å². The number of unbranched alkanes of at least 4 members (excludes halogenated alkanes) is 8. The lowest BCUT2D eigenvalue weighted by atomic mass is 10.1. The molecule has 0 aromatic rings. The molecule has 0 unspecified atom stereocenters. The summed E-state index contributed by atoms with van der Waals surface area (Å²) in [5, 5.41) is 0. The molecule has 0 radical (unpaired) electrons. The SMILES string of the molecule is CCCCCCCCCC/C=C/COS(C)(=O)=O. The molecule has 0 aliphatic heterocycles. The fourth-order valence-electron chi connectivity index (χ4n) is 1.74. The van der Waals surface area contributed by atoms with Crippen molar-refractivity contribution in [3.63, 3.8) is 0 Å². The molecule has 0 aliphatic rings. The summed E-state index contributed by atoms with van der Waals surface area (Å²) in [5.41, 5.74) is 0. The highest BCUT2D eigenvalue weighted by Crippen LogP contribution is 2.09. The van der Waals surface area contributed by atoms with Crippen molar-refractivity contribution < 1.29 is 12.6 Å². The lowest BCUT2D eigenvalue weighted by Crippen LogP contribution is -2.01. The number of rotatable bonds is 12. The summed E-state index contributed by atoms with van der Waals surface area (Å²) in [7, 11) is -3.29. The Hall–Kier alpha value is -0.350. The first-order valence-electron chi connectivity index (χ1n) is 7.05. The van der Waals surface area contributed by atoms with Crippen LogP contribution in [-0.2, 0) is 14.3 Å². The van der Waals surface area contributed by atoms with E-state index < -0.39 is 10.1 Å². The first kappa shape index (κ1) is 17.6. The van der Waals surface area contributed by atoms with Gasteiger partial charge in [0.05, 0.1) is 12.9 Å². The van der Waals surface area contributed by atoms with Gasteiger partial charge in [0.1, 0.15) is 0 Å². The monoisotopic (exact) mass is 276 g/mol. The summed E-state index contributed by atoms with van der Waals surface area (Å²) in [6, 6.07) is 0. The van der Waals surface area contributed by atoms with Crippen molar-refractivity contribution in [2.75, 3.05) is 12.9 Å². The Labute approximate surface area is 113 Å². The van der Waals surface area contributed by atoms with Crippen molar-refractivity contribution in [1.29, 1.82) is 0 Å². The molecule has 0 aliphatic carbocycles. The van der Waals surface area contributed by atoms with Gasteiger partial charge in [-0.1, -0.05) is 64.0 Å². The zero-order chi connectivity index (χ0) is 13.7. The predicted molar refractivity (Wildman–Crippen MR) is 77.2 cm³/mol. The molecule has 0 fully saturated rings. The second kappa shape index (κ2) is 11.7. The molecule has 18 heavy (non-hydrogen) atoms. The molecule has 0 saturated carbocycles. The van der Waals surface area contributed by atoms with Gasteiger partial charge in [-0.15, -0.1) is 0 Å². The maximum Gasteiger partial charge on any atom is 0.264 e. The van der Waals surface area contributed by atoms with Crippen LogP contribution < -0.4 is 0 Å². The molecular weight excluding hydrogens is 248 g/mol. The Morgan fingerprint density at radius 2 is 1.44 bits per heavy atom. The van der Waals surface area contributed by atoms with Crippen LogP contribution in [0.3, 0.4) is 0 Å². The van der Waals surface area contributed by atoms with Crippen LogP contribution in [0.1, 0.15) is 64.7 Å². The van der Waals surface area contributed by atoms with Crippen molar-refractivity contribution in [1.82, 2.24) is 0 Å². The molecule has 4 heteroatoms. The average molecular weight is 276 g/mol. The second-order valence-corrected chi connectivity index (χ2v) is 6.37. The maximum atomic E-state index is 10.7. The molecule has 0 aromatic carbocycles. The highest BCUT2D eigenvalue weighted by molar-refractivity contribution is 7.85. The third-order valence-corrected chi connectivity index (χ3v) is 3.33. The summed E-state index contributed by atoms with van der Waals surface area (Å²) >= 11 is 0. The van der Waals surface area contributed by atoms with E-state index in [0.29, 0.717) is 0 Å². The first-order chi connectivity index (χ1) is 8.56. The Morgan fingerprint density at radius 1 is 0.889 bits per heavy atom. The molecule has 0 rings (SSSR count). The summed E-state index contributed by atoms with van der Waals surface area (Å²) < 4.78 is 25.9. The van der Waals surface area contributed by atoms with Crippen LogP contribution in [0, 0.1) is 0 Å². The van der Waals surface area contributed by atoms with Gasteiger partial charge in [0.15, 0.2) is 0 Å². The highest BCUT2D eigenvalue weighted by Gasteiger charge is 1.97. The van der Waals surface area contributed by atoms with Crippen LogP contribution in [0.25, 0.3) is 0 Å². The molecule has 0 heterocycles. The summed E-state index contributed by atoms with van der Waals surface area (Å²) in [6.45, 7) is 2.40. The molecular formula is C14H28O3S. The Bertz CT molecular complexity index is 294. The molecule has 0 aromatic heterocycles. The fourth-order valence-corrected chi connectivity index (χ4v) is 2.07. The number of hydrogen-bond donors (Lipinski definition) is 0. The number of hydrogen-bond acceptors (Lipinski definition) is 3. The molecule has 0 saturated heterocycles. The van der Waals surface area contributed by atoms with Crippen molar-refractivity contribution in [2.45, 2.75) is 64.7 Å². The molecule has 3 nitrogen and oxygen atoms in total. The third kappa shape index (κ3) is 15.6. The van der Waals surface area contributed by atoms with Crippen molar-refractivity contribution >= 4 is 10.1 Å². The maximum absolute atomic E-state index is 10.7. The minimum absolute atomic E-state index is 0.163. The zero-order valence-electron chi connectivity index (χ0n) is 11.9. The van der Waals surface area contributed by atoms with Crippen LogP contribution in [0.2, 0.25) is 0 Å². The molecule has 0 atom stereocenters. The topological polar surface area (TPSA) is 43.4 Å². The van der Waals surface area contributed by atoms with E-state index in [2.05, 4.69) is 11.1 Å². The van der Waals surface area contributed by atoms with E-state index in [1.807, 2.05) is 6.08 Å². The van der Waals surface area contributed by atoms with E-state index in [9.17, 15) is 8.42 Å². The fraction of sp³-hybridized carbons (Fsp3) is 0.857. The lowest BCUT2D eigenvalue weighted by Gasteiger charge is -2.00. The van der Waals surface area contributed by atoms with Crippen molar-refractivity contribution in [3.8, 4) is 0 Å². The van der Waals surface area contributed by atoms with E-state index >= 15 is 0 Å². The minimum Gasteiger partial charge on any atom is -0.266 e. The van der Waals surface area contributed by atoms with Gasteiger partial charge in [0.25, 0.3) is 10.1 Å². The number of allylic oxidation sites excluding steroid dienone is 1. The quantitative estimate of drug-likeness (QED) is 0.307. The van der Waals surface area contributed by atoms with E-state index in [1.165, 1.54) is 51.4 Å². The third-order valence-electron chi connectivity index (χ3n) is 2.77. The Kier molecular flexibility index (Phi) is 11.5. The second-order valence-electron chi connectivity index (χ2n) is 4.72. The van der Waals surface area contributed by atoms with E-state index in [4.69, 9.17) is 0 Å². The van der Waals surface area contributed by atoms with Gasteiger partial charge in [-0.05, 0) is 12.8 Å². The summed E-state index contributed by atoms with van der Waals surface area (Å²) in [6.07, 6.45) is 16.4. The highest BCUT2D eigenvalue weighted by atomic mass is 32.2. The van der Waals surface area contributed by atoms with Gasteiger partial charge >= 0.3 is 0 Å². The van der Waals surface area contributed by atoms with E-state index in [1.54, 1.807) is 6.08 Å². The first-order valence-corrected chi connectivity index (χ1v) is 8.87. The zero-order valence-corrected chi connectivity index (χ0v) is 12.7. The predicted octanol–water partition coefficient (Wildman–Crippen LogP) is 4.05. The minimum atomic E-state index is -3.29. The lowest BCUT2D eigenvalue weighted by molar-refractivity contribution is 0.361. The molecule has 0 N–H and O–H groups in total. The smallest absolute Gasteiger partial charge is 0.264 e. The van der Waals surface area contributed by atoms with Gasteiger partial charge < -0.3 is 0 Å². The van der Waals surface area contributed by atoms with Crippen LogP contribution >= 0.6 is 0 Å². The molecule has 108 valence electrons. The van der Waals surface area contributed by atoms with E-state index in [0.717, 1.165) is 12.7 Å². The van der Waals surface area contributed by atoms with Crippen LogP contribution in [0.4, 0.5) is 0 Å². The molecule has 0 amide bonds. The summed E-state index contributed by atoms with van der Waals surface area (Å²) in [4.78, 5) is 0. The molecule has 0 bridgehead atoms. The average Bonchev–Trinajstić information content (AvgIpc) is 2.29. The Morgan fingerprint density at radius 3 is 2.00 bits per heavy atom. The molecule has 0 spiro atoms. The van der Waals surface area contributed by atoms with Gasteiger partial charge in [-0.25, -0.2) is 0 Å². The Balaban J connectivity index is 3.18. The van der Waals surface area contributed by atoms with Gasteiger partial charge in [-0.2, -0.15) is 8.42 Å². The van der Waals surface area contributed by atoms with Crippen molar-refractivity contribution in [2.24, 2.45) is 0 Å². The van der Waals surface area contributed by atoms with Crippen molar-refractivity contribution in [3.05, 3.63) is 12.2 Å². The van der Waals surface area contributed by atoms with Gasteiger partial charge in [-0.3, -0.25) is 4.18 Å². The van der Waals surface area contributed by atoms with Gasteiger partial charge in [0.2, 0.25) is 0 Å².